The second kappa shape index (κ2) is 4.41. The fraction of sp³-hybridized carbons (Fsp3) is 0.700. The van der Waals surface area contributed by atoms with Crippen LogP contribution in [0.2, 0.25) is 0 Å². The smallest absolute Gasteiger partial charge is 0.0778 e. The first kappa shape index (κ1) is 9.46. The monoisotopic (exact) mass is 167 g/mol. The molecule has 2 heteroatoms. The molecule has 1 rings (SSSR count). The van der Waals surface area contributed by atoms with Crippen LogP contribution in [0.3, 0.4) is 0 Å². The minimum Gasteiger partial charge on any atom is -0.371 e. The summed E-state index contributed by atoms with van der Waals surface area (Å²) in [6, 6.07) is 0. The highest BCUT2D eigenvalue weighted by molar-refractivity contribution is 5.54. The van der Waals surface area contributed by atoms with E-state index in [9.17, 15) is 0 Å². The molecule has 1 aliphatic rings. The molecule has 2 atom stereocenters. The predicted octanol–water partition coefficient (Wildman–Crippen LogP) is 2.55. The highest BCUT2D eigenvalue weighted by atomic mass is 16.5. The summed E-state index contributed by atoms with van der Waals surface area (Å²) in [5, 5.41) is 0. The fourth-order valence-corrected chi connectivity index (χ4v) is 1.42. The molecule has 0 amide bonds. The molecule has 1 saturated heterocycles. The lowest BCUT2D eigenvalue weighted by atomic mass is 10.0. The SMILES string of the molecule is CC=N/C=C1\CC[C@H](C)O[C@@H]1C. The van der Waals surface area contributed by atoms with Crippen LogP contribution in [-0.2, 0) is 4.74 Å². The van der Waals surface area contributed by atoms with Crippen molar-refractivity contribution in [2.24, 2.45) is 4.99 Å². The highest BCUT2D eigenvalue weighted by Crippen LogP contribution is 2.23. The summed E-state index contributed by atoms with van der Waals surface area (Å²) in [4.78, 5) is 4.10. The van der Waals surface area contributed by atoms with Gasteiger partial charge in [-0.2, -0.15) is 0 Å². The Morgan fingerprint density at radius 3 is 2.83 bits per heavy atom. The fourth-order valence-electron chi connectivity index (χ4n) is 1.42. The average Bonchev–Trinajstić information content (AvgIpc) is 2.03. The predicted molar refractivity (Wildman–Crippen MR) is 51.5 cm³/mol. The molecule has 2 nitrogen and oxygen atoms in total. The van der Waals surface area contributed by atoms with Gasteiger partial charge in [-0.3, -0.25) is 4.99 Å². The molecule has 0 aliphatic carbocycles. The summed E-state index contributed by atoms with van der Waals surface area (Å²) in [7, 11) is 0. The minimum atomic E-state index is 0.248. The van der Waals surface area contributed by atoms with Gasteiger partial charge in [0, 0.05) is 12.4 Å². The van der Waals surface area contributed by atoms with E-state index in [1.54, 1.807) is 6.21 Å². The third kappa shape index (κ3) is 2.45. The largest absolute Gasteiger partial charge is 0.371 e. The van der Waals surface area contributed by atoms with Crippen molar-refractivity contribution < 1.29 is 4.74 Å². The molecule has 0 unspecified atom stereocenters. The van der Waals surface area contributed by atoms with Gasteiger partial charge in [-0.25, -0.2) is 0 Å². The number of aliphatic imine (C=N–C) groups is 1. The van der Waals surface area contributed by atoms with Gasteiger partial charge in [-0.15, -0.1) is 0 Å². The highest BCUT2D eigenvalue weighted by Gasteiger charge is 2.19. The zero-order valence-corrected chi connectivity index (χ0v) is 8.08. The normalized spacial score (nSPS) is 34.8. The molecule has 0 aromatic heterocycles. The Kier molecular flexibility index (Phi) is 3.48. The third-order valence-electron chi connectivity index (χ3n) is 2.19. The summed E-state index contributed by atoms with van der Waals surface area (Å²) in [5.41, 5.74) is 1.31. The van der Waals surface area contributed by atoms with Crippen molar-refractivity contribution in [3.8, 4) is 0 Å². The van der Waals surface area contributed by atoms with Gasteiger partial charge in [0.25, 0.3) is 0 Å². The summed E-state index contributed by atoms with van der Waals surface area (Å²) >= 11 is 0. The van der Waals surface area contributed by atoms with Gasteiger partial charge in [0.15, 0.2) is 0 Å². The Morgan fingerprint density at radius 2 is 2.25 bits per heavy atom. The van der Waals surface area contributed by atoms with Crippen molar-refractivity contribution in [1.82, 2.24) is 0 Å². The van der Waals surface area contributed by atoms with Gasteiger partial charge in [0.2, 0.25) is 0 Å². The number of hydrogen-bond donors (Lipinski definition) is 0. The van der Waals surface area contributed by atoms with E-state index in [2.05, 4.69) is 18.8 Å². The summed E-state index contributed by atoms with van der Waals surface area (Å²) in [6.07, 6.45) is 6.63. The molecule has 0 radical (unpaired) electrons. The molecular formula is C10H17NO. The Bertz CT molecular complexity index is 196. The molecule has 68 valence electrons. The third-order valence-corrected chi connectivity index (χ3v) is 2.19. The first-order valence-electron chi connectivity index (χ1n) is 4.56. The Morgan fingerprint density at radius 1 is 1.50 bits per heavy atom. The maximum absolute atomic E-state index is 5.65. The van der Waals surface area contributed by atoms with E-state index in [4.69, 9.17) is 4.74 Å². The van der Waals surface area contributed by atoms with Crippen LogP contribution in [0.5, 0.6) is 0 Å². The van der Waals surface area contributed by atoms with Crippen LogP contribution in [0.4, 0.5) is 0 Å². The van der Waals surface area contributed by atoms with Crippen molar-refractivity contribution in [3.05, 3.63) is 11.8 Å². The first-order chi connectivity index (χ1) is 5.74. The maximum Gasteiger partial charge on any atom is 0.0778 e. The number of nitrogens with zero attached hydrogens (tertiary/aromatic N) is 1. The van der Waals surface area contributed by atoms with Crippen LogP contribution in [0.1, 0.15) is 33.6 Å². The average molecular weight is 167 g/mol. The molecule has 0 aromatic rings. The van der Waals surface area contributed by atoms with E-state index in [1.807, 2.05) is 13.1 Å². The van der Waals surface area contributed by atoms with Crippen molar-refractivity contribution >= 4 is 6.21 Å². The van der Waals surface area contributed by atoms with Crippen molar-refractivity contribution in [2.45, 2.75) is 45.8 Å². The Labute approximate surface area is 74.3 Å². The van der Waals surface area contributed by atoms with Crippen LogP contribution in [0.25, 0.3) is 0 Å². The lowest BCUT2D eigenvalue weighted by Crippen LogP contribution is -2.24. The summed E-state index contributed by atoms with van der Waals surface area (Å²) < 4.78 is 5.65. The topological polar surface area (TPSA) is 21.6 Å². The van der Waals surface area contributed by atoms with E-state index >= 15 is 0 Å². The summed E-state index contributed by atoms with van der Waals surface area (Å²) in [5.74, 6) is 0. The van der Waals surface area contributed by atoms with E-state index < -0.39 is 0 Å². The van der Waals surface area contributed by atoms with Gasteiger partial charge in [-0.05, 0) is 39.2 Å². The second-order valence-corrected chi connectivity index (χ2v) is 3.24. The second-order valence-electron chi connectivity index (χ2n) is 3.24. The minimum absolute atomic E-state index is 0.248. The lowest BCUT2D eigenvalue weighted by Gasteiger charge is -2.27. The van der Waals surface area contributed by atoms with Gasteiger partial charge >= 0.3 is 0 Å². The zero-order chi connectivity index (χ0) is 8.97. The molecule has 0 saturated carbocycles. The van der Waals surface area contributed by atoms with Crippen LogP contribution in [0, 0.1) is 0 Å². The van der Waals surface area contributed by atoms with Crippen molar-refractivity contribution in [2.75, 3.05) is 0 Å². The molecule has 0 N–H and O–H groups in total. The first-order valence-corrected chi connectivity index (χ1v) is 4.56. The van der Waals surface area contributed by atoms with Crippen molar-refractivity contribution in [3.63, 3.8) is 0 Å². The van der Waals surface area contributed by atoms with Gasteiger partial charge in [0.1, 0.15) is 0 Å². The Balaban J connectivity index is 2.55. The van der Waals surface area contributed by atoms with E-state index in [0.29, 0.717) is 6.10 Å². The summed E-state index contributed by atoms with van der Waals surface area (Å²) in [6.45, 7) is 6.14. The van der Waals surface area contributed by atoms with Crippen molar-refractivity contribution in [1.29, 1.82) is 0 Å². The van der Waals surface area contributed by atoms with E-state index in [1.165, 1.54) is 5.57 Å². The standard InChI is InChI=1S/C10H17NO/c1-4-11-7-10-6-5-8(2)12-9(10)3/h4,7-9H,5-6H2,1-3H3/b10-7+,11-4?/t8-,9+/m0/s1. The molecular weight excluding hydrogens is 150 g/mol. The molecule has 0 bridgehead atoms. The molecule has 1 aliphatic heterocycles. The van der Waals surface area contributed by atoms with Crippen LogP contribution in [0.15, 0.2) is 16.8 Å². The molecule has 0 aromatic carbocycles. The van der Waals surface area contributed by atoms with Crippen LogP contribution >= 0.6 is 0 Å². The molecule has 0 spiro atoms. The van der Waals surface area contributed by atoms with Gasteiger partial charge in [0.05, 0.1) is 12.2 Å². The van der Waals surface area contributed by atoms with Crippen LogP contribution in [-0.4, -0.2) is 18.4 Å². The molecule has 1 fully saturated rings. The van der Waals surface area contributed by atoms with Crippen LogP contribution < -0.4 is 0 Å². The van der Waals surface area contributed by atoms with Gasteiger partial charge in [-0.1, -0.05) is 0 Å². The van der Waals surface area contributed by atoms with Gasteiger partial charge < -0.3 is 4.74 Å². The molecule has 1 heterocycles. The molecule has 12 heavy (non-hydrogen) atoms. The number of rotatable bonds is 1. The number of ether oxygens (including phenoxy) is 1. The quantitative estimate of drug-likeness (QED) is 0.550. The lowest BCUT2D eigenvalue weighted by molar-refractivity contribution is 0.00161. The maximum atomic E-state index is 5.65. The zero-order valence-electron chi connectivity index (χ0n) is 8.08. The number of hydrogen-bond acceptors (Lipinski definition) is 2. The van der Waals surface area contributed by atoms with E-state index in [0.717, 1.165) is 12.8 Å². The Hall–Kier alpha value is -0.630. The van der Waals surface area contributed by atoms with E-state index in [-0.39, 0.29) is 6.10 Å².